The fourth-order valence-electron chi connectivity index (χ4n) is 2.15. The zero-order valence-corrected chi connectivity index (χ0v) is 14.4. The quantitative estimate of drug-likeness (QED) is 0.599. The molecule has 5 nitrogen and oxygen atoms in total. The molecule has 2 aromatic carbocycles. The minimum atomic E-state index is 0.400. The maximum atomic E-state index is 6.19. The Morgan fingerprint density at radius 1 is 0.917 bits per heavy atom. The number of aryl methyl sites for hydroxylation is 1. The molecule has 0 amide bonds. The largest absolute Gasteiger partial charge is 0.393 e. The predicted molar refractivity (Wildman–Crippen MR) is 101 cm³/mol. The summed E-state index contributed by atoms with van der Waals surface area (Å²) >= 11 is 12.0. The number of hydrogen-bond acceptors (Lipinski definition) is 5. The number of halogens is 2. The fraction of sp³-hybridized carbons (Fsp3) is 0.0588. The standard InChI is InChI=1S/C17H15Cl2N5/c1-10-5-6-12(19)8-14(10)24-17-15(20)16(21-9-22-17)23-13-4-2-3-11(18)7-13/h2-9H,20H2,1H3,(H2,21,22,23,24). The molecule has 0 aliphatic heterocycles. The average Bonchev–Trinajstić information content (AvgIpc) is 2.55. The van der Waals surface area contributed by atoms with Gasteiger partial charge < -0.3 is 16.4 Å². The summed E-state index contributed by atoms with van der Waals surface area (Å²) in [5, 5.41) is 7.59. The summed E-state index contributed by atoms with van der Waals surface area (Å²) < 4.78 is 0. The van der Waals surface area contributed by atoms with E-state index < -0.39 is 0 Å². The molecule has 24 heavy (non-hydrogen) atoms. The number of nitrogens with one attached hydrogen (secondary N) is 2. The number of rotatable bonds is 4. The van der Waals surface area contributed by atoms with Gasteiger partial charge in [-0.15, -0.1) is 0 Å². The SMILES string of the molecule is Cc1ccc(Cl)cc1Nc1ncnc(Nc2cccc(Cl)c2)c1N. The Hall–Kier alpha value is -2.50. The second-order valence-electron chi connectivity index (χ2n) is 5.20. The van der Waals surface area contributed by atoms with Crippen molar-refractivity contribution in [3.63, 3.8) is 0 Å². The van der Waals surface area contributed by atoms with Crippen LogP contribution >= 0.6 is 23.2 Å². The summed E-state index contributed by atoms with van der Waals surface area (Å²) in [5.74, 6) is 0.995. The van der Waals surface area contributed by atoms with Crippen LogP contribution in [-0.4, -0.2) is 9.97 Å². The number of aromatic nitrogens is 2. The molecule has 0 radical (unpaired) electrons. The van der Waals surface area contributed by atoms with Crippen molar-refractivity contribution in [1.29, 1.82) is 0 Å². The van der Waals surface area contributed by atoms with Gasteiger partial charge in [0.1, 0.15) is 12.0 Å². The van der Waals surface area contributed by atoms with E-state index in [0.29, 0.717) is 27.4 Å². The number of anilines is 5. The van der Waals surface area contributed by atoms with Gasteiger partial charge in [0.05, 0.1) is 0 Å². The normalized spacial score (nSPS) is 10.5. The van der Waals surface area contributed by atoms with Crippen LogP contribution in [0.5, 0.6) is 0 Å². The Kier molecular flexibility index (Phi) is 4.74. The summed E-state index contributed by atoms with van der Waals surface area (Å²) in [6, 6.07) is 12.9. The molecular weight excluding hydrogens is 345 g/mol. The molecule has 1 heterocycles. The van der Waals surface area contributed by atoms with E-state index in [9.17, 15) is 0 Å². The van der Waals surface area contributed by atoms with Crippen molar-refractivity contribution in [2.75, 3.05) is 16.4 Å². The molecule has 0 fully saturated rings. The molecule has 0 aliphatic rings. The van der Waals surface area contributed by atoms with E-state index in [-0.39, 0.29) is 0 Å². The van der Waals surface area contributed by atoms with Crippen LogP contribution in [0.1, 0.15) is 5.56 Å². The van der Waals surface area contributed by atoms with Crippen molar-refractivity contribution in [3.05, 3.63) is 64.4 Å². The zero-order valence-electron chi connectivity index (χ0n) is 12.8. The number of nitrogens with zero attached hydrogens (tertiary/aromatic N) is 2. The molecule has 0 bridgehead atoms. The van der Waals surface area contributed by atoms with Crippen LogP contribution in [-0.2, 0) is 0 Å². The first-order valence-electron chi connectivity index (χ1n) is 7.19. The smallest absolute Gasteiger partial charge is 0.159 e. The number of benzene rings is 2. The van der Waals surface area contributed by atoms with Crippen molar-refractivity contribution in [2.24, 2.45) is 0 Å². The molecule has 0 unspecified atom stereocenters. The van der Waals surface area contributed by atoms with Gasteiger partial charge in [-0.3, -0.25) is 0 Å². The van der Waals surface area contributed by atoms with Gasteiger partial charge in [-0.25, -0.2) is 9.97 Å². The number of nitrogens with two attached hydrogens (primary N) is 1. The van der Waals surface area contributed by atoms with Gasteiger partial charge in [-0.1, -0.05) is 35.3 Å². The first-order chi connectivity index (χ1) is 11.5. The third kappa shape index (κ3) is 3.69. The van der Waals surface area contributed by atoms with Crippen molar-refractivity contribution in [1.82, 2.24) is 9.97 Å². The van der Waals surface area contributed by atoms with Gasteiger partial charge in [-0.2, -0.15) is 0 Å². The lowest BCUT2D eigenvalue weighted by molar-refractivity contribution is 1.17. The van der Waals surface area contributed by atoms with Crippen molar-refractivity contribution < 1.29 is 0 Å². The van der Waals surface area contributed by atoms with Crippen LogP contribution in [0.3, 0.4) is 0 Å². The molecule has 3 aromatic rings. The van der Waals surface area contributed by atoms with Crippen LogP contribution in [0.25, 0.3) is 0 Å². The molecule has 0 atom stereocenters. The third-order valence-corrected chi connectivity index (χ3v) is 3.89. The first kappa shape index (κ1) is 16.4. The van der Waals surface area contributed by atoms with Crippen LogP contribution in [0.2, 0.25) is 10.0 Å². The first-order valence-corrected chi connectivity index (χ1v) is 7.95. The van der Waals surface area contributed by atoms with Gasteiger partial charge in [0, 0.05) is 21.4 Å². The lowest BCUT2D eigenvalue weighted by Gasteiger charge is -2.14. The average molecular weight is 360 g/mol. The minimum Gasteiger partial charge on any atom is -0.393 e. The second-order valence-corrected chi connectivity index (χ2v) is 6.08. The Bertz CT molecular complexity index is 883. The highest BCUT2D eigenvalue weighted by atomic mass is 35.5. The minimum absolute atomic E-state index is 0.400. The van der Waals surface area contributed by atoms with Crippen molar-refractivity contribution in [3.8, 4) is 0 Å². The Balaban J connectivity index is 1.89. The number of hydrogen-bond donors (Lipinski definition) is 3. The van der Waals surface area contributed by atoms with Crippen LogP contribution in [0.4, 0.5) is 28.7 Å². The van der Waals surface area contributed by atoms with E-state index in [1.807, 2.05) is 37.3 Å². The summed E-state index contributed by atoms with van der Waals surface area (Å²) in [4.78, 5) is 8.40. The molecule has 3 rings (SSSR count). The molecule has 0 saturated heterocycles. The monoisotopic (exact) mass is 359 g/mol. The highest BCUT2D eigenvalue weighted by molar-refractivity contribution is 6.31. The third-order valence-electron chi connectivity index (χ3n) is 3.42. The van der Waals surface area contributed by atoms with E-state index in [2.05, 4.69) is 20.6 Å². The molecule has 0 aliphatic carbocycles. The van der Waals surface area contributed by atoms with Crippen LogP contribution in [0.15, 0.2) is 48.8 Å². The molecule has 4 N–H and O–H groups in total. The predicted octanol–water partition coefficient (Wildman–Crippen LogP) is 5.16. The Morgan fingerprint density at radius 2 is 1.62 bits per heavy atom. The molecule has 0 spiro atoms. The van der Waals surface area contributed by atoms with Gasteiger partial charge >= 0.3 is 0 Å². The van der Waals surface area contributed by atoms with Gasteiger partial charge in [-0.05, 0) is 42.8 Å². The second kappa shape index (κ2) is 6.95. The Labute approximate surface area is 149 Å². The lowest BCUT2D eigenvalue weighted by atomic mass is 10.2. The van der Waals surface area contributed by atoms with E-state index in [1.165, 1.54) is 6.33 Å². The highest BCUT2D eigenvalue weighted by Crippen LogP contribution is 2.30. The lowest BCUT2D eigenvalue weighted by Crippen LogP contribution is -2.05. The van der Waals surface area contributed by atoms with Gasteiger partial charge in [0.15, 0.2) is 11.6 Å². The highest BCUT2D eigenvalue weighted by Gasteiger charge is 2.10. The van der Waals surface area contributed by atoms with Crippen molar-refractivity contribution >= 4 is 51.9 Å². The maximum absolute atomic E-state index is 6.19. The summed E-state index contributed by atoms with van der Waals surface area (Å²) in [6.45, 7) is 1.97. The van der Waals surface area contributed by atoms with Crippen molar-refractivity contribution in [2.45, 2.75) is 6.92 Å². The molecule has 7 heteroatoms. The molecule has 0 saturated carbocycles. The molecule has 122 valence electrons. The summed E-state index contributed by atoms with van der Waals surface area (Å²) in [7, 11) is 0. The van der Waals surface area contributed by atoms with E-state index in [1.54, 1.807) is 12.1 Å². The maximum Gasteiger partial charge on any atom is 0.159 e. The topological polar surface area (TPSA) is 75.9 Å². The van der Waals surface area contributed by atoms with Crippen LogP contribution < -0.4 is 16.4 Å². The van der Waals surface area contributed by atoms with Gasteiger partial charge in [0.2, 0.25) is 0 Å². The summed E-state index contributed by atoms with van der Waals surface area (Å²) in [6.07, 6.45) is 1.44. The fourth-order valence-corrected chi connectivity index (χ4v) is 2.52. The van der Waals surface area contributed by atoms with E-state index in [4.69, 9.17) is 28.9 Å². The van der Waals surface area contributed by atoms with Crippen LogP contribution in [0, 0.1) is 6.92 Å². The Morgan fingerprint density at radius 3 is 2.38 bits per heavy atom. The number of nitrogen functional groups attached to an aromatic ring is 1. The van der Waals surface area contributed by atoms with Gasteiger partial charge in [0.25, 0.3) is 0 Å². The zero-order chi connectivity index (χ0) is 17.1. The van der Waals surface area contributed by atoms with E-state index in [0.717, 1.165) is 16.9 Å². The molecular formula is C17H15Cl2N5. The van der Waals surface area contributed by atoms with E-state index >= 15 is 0 Å². The molecule has 1 aromatic heterocycles. The summed E-state index contributed by atoms with van der Waals surface area (Å²) in [5.41, 5.74) is 9.24.